The summed E-state index contributed by atoms with van der Waals surface area (Å²) in [7, 11) is 0. The quantitative estimate of drug-likeness (QED) is 0.762. The molecule has 1 unspecified atom stereocenters. The lowest BCUT2D eigenvalue weighted by Gasteiger charge is -2.24. The maximum Gasteiger partial charge on any atom is 0.0940 e. The van der Waals surface area contributed by atoms with Crippen LogP contribution in [-0.2, 0) is 6.42 Å². The molecule has 0 saturated heterocycles. The second-order valence-electron chi connectivity index (χ2n) is 5.86. The van der Waals surface area contributed by atoms with Crippen LogP contribution in [0.1, 0.15) is 63.3 Å². The van der Waals surface area contributed by atoms with E-state index in [0.717, 1.165) is 18.9 Å². The molecule has 1 aromatic heterocycles. The first-order chi connectivity index (χ1) is 9.38. The van der Waals surface area contributed by atoms with Crippen LogP contribution in [0, 0.1) is 5.92 Å². The Labute approximate surface area is 122 Å². The third kappa shape index (κ3) is 5.62. The third-order valence-corrected chi connectivity index (χ3v) is 5.04. The highest BCUT2D eigenvalue weighted by atomic mass is 32.1. The standard InChI is InChI=1S/C16H28N2S/c1-2-10-17-15(13-16-18-11-12-19-16)9-8-14-6-4-3-5-7-14/h11-12,14-15,17H,2-10,13H2,1H3. The number of aromatic nitrogens is 1. The zero-order chi connectivity index (χ0) is 13.3. The lowest BCUT2D eigenvalue weighted by molar-refractivity contribution is 0.312. The van der Waals surface area contributed by atoms with Crippen LogP contribution < -0.4 is 5.32 Å². The molecule has 1 aliphatic rings. The molecule has 0 aromatic carbocycles. The van der Waals surface area contributed by atoms with Gasteiger partial charge in [-0.3, -0.25) is 0 Å². The van der Waals surface area contributed by atoms with Crippen LogP contribution in [0.5, 0.6) is 0 Å². The molecule has 19 heavy (non-hydrogen) atoms. The van der Waals surface area contributed by atoms with Gasteiger partial charge in [0.15, 0.2) is 0 Å². The Morgan fingerprint density at radius 2 is 2.21 bits per heavy atom. The third-order valence-electron chi connectivity index (χ3n) is 4.24. The maximum absolute atomic E-state index is 4.44. The molecular weight excluding hydrogens is 252 g/mol. The van der Waals surface area contributed by atoms with E-state index in [-0.39, 0.29) is 0 Å². The summed E-state index contributed by atoms with van der Waals surface area (Å²) in [6.07, 6.45) is 14.3. The van der Waals surface area contributed by atoms with Gasteiger partial charge in [0.25, 0.3) is 0 Å². The predicted molar refractivity (Wildman–Crippen MR) is 83.7 cm³/mol. The molecule has 2 nitrogen and oxygen atoms in total. The average molecular weight is 280 g/mol. The van der Waals surface area contributed by atoms with Crippen molar-refractivity contribution >= 4 is 11.3 Å². The summed E-state index contributed by atoms with van der Waals surface area (Å²) in [4.78, 5) is 4.44. The van der Waals surface area contributed by atoms with E-state index in [1.54, 1.807) is 11.3 Å². The van der Waals surface area contributed by atoms with Crippen molar-refractivity contribution in [3.05, 3.63) is 16.6 Å². The topological polar surface area (TPSA) is 24.9 Å². The Kier molecular flexibility index (Phi) is 6.86. The molecule has 108 valence electrons. The average Bonchev–Trinajstić information content (AvgIpc) is 2.96. The van der Waals surface area contributed by atoms with Crippen molar-refractivity contribution in [3.63, 3.8) is 0 Å². The van der Waals surface area contributed by atoms with Crippen molar-refractivity contribution in [2.75, 3.05) is 6.54 Å². The Morgan fingerprint density at radius 1 is 1.37 bits per heavy atom. The molecule has 3 heteroatoms. The first-order valence-electron chi connectivity index (χ1n) is 8.00. The predicted octanol–water partition coefficient (Wildman–Crippen LogP) is 4.41. The van der Waals surface area contributed by atoms with Crippen LogP contribution in [0.2, 0.25) is 0 Å². The van der Waals surface area contributed by atoms with Gasteiger partial charge in [-0.15, -0.1) is 11.3 Å². The first kappa shape index (κ1) is 15.0. The highest BCUT2D eigenvalue weighted by Crippen LogP contribution is 2.28. The number of hydrogen-bond acceptors (Lipinski definition) is 3. The minimum atomic E-state index is 0.632. The molecule has 0 aliphatic heterocycles. The van der Waals surface area contributed by atoms with Crippen molar-refractivity contribution in [2.24, 2.45) is 5.92 Å². The van der Waals surface area contributed by atoms with Crippen molar-refractivity contribution in [1.82, 2.24) is 10.3 Å². The molecule has 1 N–H and O–H groups in total. The molecule has 1 atom stereocenters. The fourth-order valence-electron chi connectivity index (χ4n) is 3.10. The lowest BCUT2D eigenvalue weighted by atomic mass is 9.85. The van der Waals surface area contributed by atoms with Gasteiger partial charge < -0.3 is 5.32 Å². The van der Waals surface area contributed by atoms with Gasteiger partial charge in [-0.25, -0.2) is 4.98 Å². The van der Waals surface area contributed by atoms with E-state index < -0.39 is 0 Å². The van der Waals surface area contributed by atoms with Gasteiger partial charge in [0.1, 0.15) is 0 Å². The summed E-state index contributed by atoms with van der Waals surface area (Å²) in [5.74, 6) is 0.996. The van der Waals surface area contributed by atoms with E-state index in [4.69, 9.17) is 0 Å². The zero-order valence-corrected chi connectivity index (χ0v) is 13.1. The summed E-state index contributed by atoms with van der Waals surface area (Å²) in [6, 6.07) is 0.632. The highest BCUT2D eigenvalue weighted by molar-refractivity contribution is 7.09. The molecule has 1 heterocycles. The van der Waals surface area contributed by atoms with Gasteiger partial charge in [0, 0.05) is 24.0 Å². The van der Waals surface area contributed by atoms with E-state index in [0.29, 0.717) is 6.04 Å². The number of rotatable bonds is 8. The molecule has 1 saturated carbocycles. The summed E-state index contributed by atoms with van der Waals surface area (Å²) >= 11 is 1.80. The molecule has 0 spiro atoms. The van der Waals surface area contributed by atoms with E-state index in [2.05, 4.69) is 22.6 Å². The van der Waals surface area contributed by atoms with Crippen LogP contribution in [-0.4, -0.2) is 17.6 Å². The maximum atomic E-state index is 4.44. The van der Waals surface area contributed by atoms with Crippen molar-refractivity contribution in [3.8, 4) is 0 Å². The molecule has 0 bridgehead atoms. The van der Waals surface area contributed by atoms with E-state index in [1.165, 1.54) is 56.4 Å². The second-order valence-corrected chi connectivity index (χ2v) is 6.84. The van der Waals surface area contributed by atoms with Crippen molar-refractivity contribution in [1.29, 1.82) is 0 Å². The van der Waals surface area contributed by atoms with Crippen LogP contribution in [0.25, 0.3) is 0 Å². The normalized spacial score (nSPS) is 18.6. The van der Waals surface area contributed by atoms with Gasteiger partial charge in [-0.2, -0.15) is 0 Å². The smallest absolute Gasteiger partial charge is 0.0940 e. The summed E-state index contributed by atoms with van der Waals surface area (Å²) < 4.78 is 0. The number of hydrogen-bond donors (Lipinski definition) is 1. The molecule has 2 rings (SSSR count). The fraction of sp³-hybridized carbons (Fsp3) is 0.812. The zero-order valence-electron chi connectivity index (χ0n) is 12.2. The van der Waals surface area contributed by atoms with Crippen molar-refractivity contribution < 1.29 is 0 Å². The first-order valence-corrected chi connectivity index (χ1v) is 8.88. The van der Waals surface area contributed by atoms with E-state index in [9.17, 15) is 0 Å². The highest BCUT2D eigenvalue weighted by Gasteiger charge is 2.16. The van der Waals surface area contributed by atoms with Crippen LogP contribution in [0.15, 0.2) is 11.6 Å². The van der Waals surface area contributed by atoms with Crippen LogP contribution in [0.3, 0.4) is 0 Å². The molecular formula is C16H28N2S. The number of thiazole rings is 1. The lowest BCUT2D eigenvalue weighted by Crippen LogP contribution is -2.32. The Balaban J connectivity index is 1.75. The van der Waals surface area contributed by atoms with E-state index >= 15 is 0 Å². The Bertz CT molecular complexity index is 317. The minimum absolute atomic E-state index is 0.632. The van der Waals surface area contributed by atoms with Gasteiger partial charge in [-0.05, 0) is 31.7 Å². The number of nitrogens with one attached hydrogen (secondary N) is 1. The summed E-state index contributed by atoms with van der Waals surface area (Å²) in [5, 5.41) is 7.09. The molecule has 0 radical (unpaired) electrons. The largest absolute Gasteiger partial charge is 0.314 e. The SMILES string of the molecule is CCCNC(CCC1CCCCC1)Cc1nccs1. The van der Waals surface area contributed by atoms with Gasteiger partial charge >= 0.3 is 0 Å². The Morgan fingerprint density at radius 3 is 2.89 bits per heavy atom. The molecule has 1 aromatic rings. The van der Waals surface area contributed by atoms with Crippen molar-refractivity contribution in [2.45, 2.75) is 70.8 Å². The van der Waals surface area contributed by atoms with Gasteiger partial charge in [-0.1, -0.05) is 39.0 Å². The Hall–Kier alpha value is -0.410. The molecule has 0 amide bonds. The summed E-state index contributed by atoms with van der Waals surface area (Å²) in [5.41, 5.74) is 0. The molecule has 1 fully saturated rings. The second kappa shape index (κ2) is 8.70. The van der Waals surface area contributed by atoms with Gasteiger partial charge in [0.05, 0.1) is 5.01 Å². The minimum Gasteiger partial charge on any atom is -0.314 e. The van der Waals surface area contributed by atoms with Crippen LogP contribution >= 0.6 is 11.3 Å². The van der Waals surface area contributed by atoms with Gasteiger partial charge in [0.2, 0.25) is 0 Å². The fourth-order valence-corrected chi connectivity index (χ4v) is 3.80. The van der Waals surface area contributed by atoms with E-state index in [1.807, 2.05) is 6.20 Å². The number of nitrogens with zero attached hydrogens (tertiary/aromatic N) is 1. The summed E-state index contributed by atoms with van der Waals surface area (Å²) in [6.45, 7) is 3.38. The van der Waals surface area contributed by atoms with Crippen LogP contribution in [0.4, 0.5) is 0 Å². The monoisotopic (exact) mass is 280 g/mol. The molecule has 1 aliphatic carbocycles.